The molecule has 1 heterocycles. The molecule has 0 atom stereocenters. The van der Waals surface area contributed by atoms with Crippen LogP contribution in [-0.4, -0.2) is 17.6 Å². The molecule has 0 aliphatic rings. The number of anilines is 1. The SMILES string of the molecule is COc1ccc(C)cc1NC(=O)c1ccc(=O)n(Cc2cccc(C)c2)c1. The molecule has 1 N–H and O–H groups in total. The number of carbonyl (C=O) groups is 1. The fraction of sp³-hybridized carbons (Fsp3) is 0.182. The van der Waals surface area contributed by atoms with Crippen LogP contribution in [0.1, 0.15) is 27.0 Å². The molecule has 3 rings (SSSR count). The van der Waals surface area contributed by atoms with Crippen molar-refractivity contribution in [3.05, 3.63) is 93.4 Å². The summed E-state index contributed by atoms with van der Waals surface area (Å²) >= 11 is 0. The van der Waals surface area contributed by atoms with Crippen molar-refractivity contribution in [3.63, 3.8) is 0 Å². The van der Waals surface area contributed by atoms with Gasteiger partial charge in [-0.15, -0.1) is 0 Å². The summed E-state index contributed by atoms with van der Waals surface area (Å²) in [4.78, 5) is 24.9. The lowest BCUT2D eigenvalue weighted by Crippen LogP contribution is -2.22. The van der Waals surface area contributed by atoms with E-state index < -0.39 is 0 Å². The molecule has 0 unspecified atom stereocenters. The topological polar surface area (TPSA) is 60.3 Å². The maximum atomic E-state index is 12.7. The number of hydrogen-bond donors (Lipinski definition) is 1. The van der Waals surface area contributed by atoms with Crippen molar-refractivity contribution in [2.75, 3.05) is 12.4 Å². The molecule has 27 heavy (non-hydrogen) atoms. The fourth-order valence-electron chi connectivity index (χ4n) is 2.91. The summed E-state index contributed by atoms with van der Waals surface area (Å²) in [5.41, 5.74) is 4.00. The van der Waals surface area contributed by atoms with Crippen LogP contribution >= 0.6 is 0 Å². The Kier molecular flexibility index (Phi) is 5.41. The number of methoxy groups -OCH3 is 1. The highest BCUT2D eigenvalue weighted by molar-refractivity contribution is 6.04. The number of ether oxygens (including phenoxy) is 1. The van der Waals surface area contributed by atoms with Gasteiger partial charge in [-0.05, 0) is 43.2 Å². The van der Waals surface area contributed by atoms with Gasteiger partial charge >= 0.3 is 0 Å². The van der Waals surface area contributed by atoms with E-state index in [2.05, 4.69) is 5.32 Å². The molecule has 0 aliphatic carbocycles. The van der Waals surface area contributed by atoms with E-state index in [0.717, 1.165) is 16.7 Å². The minimum atomic E-state index is -0.295. The second kappa shape index (κ2) is 7.91. The van der Waals surface area contributed by atoms with Crippen molar-refractivity contribution < 1.29 is 9.53 Å². The number of nitrogens with one attached hydrogen (secondary N) is 1. The standard InChI is InChI=1S/C22H22N2O3/c1-15-5-4-6-17(11-15)13-24-14-18(8-10-21(24)25)22(26)23-19-12-16(2)7-9-20(19)27-3/h4-12,14H,13H2,1-3H3,(H,23,26). The number of aromatic nitrogens is 1. The molecular weight excluding hydrogens is 340 g/mol. The predicted octanol–water partition coefficient (Wildman–Crippen LogP) is 3.77. The molecule has 0 spiro atoms. The van der Waals surface area contributed by atoms with E-state index in [4.69, 9.17) is 4.74 Å². The molecule has 0 aliphatic heterocycles. The lowest BCUT2D eigenvalue weighted by Gasteiger charge is -2.12. The van der Waals surface area contributed by atoms with Gasteiger partial charge in [0.15, 0.2) is 0 Å². The zero-order valence-corrected chi connectivity index (χ0v) is 15.7. The van der Waals surface area contributed by atoms with Gasteiger partial charge in [-0.2, -0.15) is 0 Å². The van der Waals surface area contributed by atoms with Crippen LogP contribution in [0.15, 0.2) is 65.6 Å². The number of nitrogens with zero attached hydrogens (tertiary/aromatic N) is 1. The van der Waals surface area contributed by atoms with Crippen LogP contribution in [0.2, 0.25) is 0 Å². The molecule has 5 nitrogen and oxygen atoms in total. The second-order valence-corrected chi connectivity index (χ2v) is 6.53. The molecular formula is C22H22N2O3. The fourth-order valence-corrected chi connectivity index (χ4v) is 2.91. The van der Waals surface area contributed by atoms with Crippen molar-refractivity contribution in [1.82, 2.24) is 4.57 Å². The van der Waals surface area contributed by atoms with Gasteiger partial charge in [0.1, 0.15) is 5.75 Å². The summed E-state index contributed by atoms with van der Waals surface area (Å²) in [6, 6.07) is 16.5. The summed E-state index contributed by atoms with van der Waals surface area (Å²) in [7, 11) is 1.56. The molecule has 5 heteroatoms. The van der Waals surface area contributed by atoms with Crippen LogP contribution in [-0.2, 0) is 6.54 Å². The monoisotopic (exact) mass is 362 g/mol. The van der Waals surface area contributed by atoms with Gasteiger partial charge in [-0.1, -0.05) is 35.9 Å². The Bertz CT molecular complexity index is 1040. The molecule has 0 bridgehead atoms. The van der Waals surface area contributed by atoms with Crippen LogP contribution in [0.4, 0.5) is 5.69 Å². The Hall–Kier alpha value is -3.34. The third kappa shape index (κ3) is 4.44. The van der Waals surface area contributed by atoms with Crippen molar-refractivity contribution >= 4 is 11.6 Å². The number of hydrogen-bond acceptors (Lipinski definition) is 3. The van der Waals surface area contributed by atoms with Crippen LogP contribution in [0.3, 0.4) is 0 Å². The highest BCUT2D eigenvalue weighted by Crippen LogP contribution is 2.25. The Labute approximate surface area is 158 Å². The molecule has 0 radical (unpaired) electrons. The van der Waals surface area contributed by atoms with Crippen molar-refractivity contribution in [1.29, 1.82) is 0 Å². The Morgan fingerprint density at radius 2 is 1.81 bits per heavy atom. The van der Waals surface area contributed by atoms with Crippen molar-refractivity contribution in [3.8, 4) is 5.75 Å². The Morgan fingerprint density at radius 3 is 2.56 bits per heavy atom. The minimum Gasteiger partial charge on any atom is -0.495 e. The Balaban J connectivity index is 1.86. The van der Waals surface area contributed by atoms with Gasteiger partial charge in [-0.25, -0.2) is 0 Å². The lowest BCUT2D eigenvalue weighted by atomic mass is 10.1. The third-order valence-corrected chi connectivity index (χ3v) is 4.28. The second-order valence-electron chi connectivity index (χ2n) is 6.53. The van der Waals surface area contributed by atoms with Gasteiger partial charge in [0.05, 0.1) is 24.9 Å². The van der Waals surface area contributed by atoms with E-state index in [0.29, 0.717) is 23.5 Å². The average molecular weight is 362 g/mol. The first kappa shape index (κ1) is 18.5. The van der Waals surface area contributed by atoms with Crippen LogP contribution < -0.4 is 15.6 Å². The smallest absolute Gasteiger partial charge is 0.257 e. The molecule has 138 valence electrons. The summed E-state index contributed by atoms with van der Waals surface area (Å²) < 4.78 is 6.84. The molecule has 1 amide bonds. The van der Waals surface area contributed by atoms with Crippen LogP contribution in [0.5, 0.6) is 5.75 Å². The maximum Gasteiger partial charge on any atom is 0.257 e. The maximum absolute atomic E-state index is 12.7. The highest BCUT2D eigenvalue weighted by atomic mass is 16.5. The highest BCUT2D eigenvalue weighted by Gasteiger charge is 2.12. The molecule has 2 aromatic carbocycles. The number of amides is 1. The first-order valence-electron chi connectivity index (χ1n) is 8.68. The van der Waals surface area contributed by atoms with Crippen molar-refractivity contribution in [2.24, 2.45) is 0 Å². The zero-order valence-electron chi connectivity index (χ0n) is 15.7. The van der Waals surface area contributed by atoms with Gasteiger partial charge < -0.3 is 14.6 Å². The number of aryl methyl sites for hydroxylation is 2. The predicted molar refractivity (Wildman–Crippen MR) is 107 cm³/mol. The molecule has 0 fully saturated rings. The summed E-state index contributed by atoms with van der Waals surface area (Å²) in [6.45, 7) is 4.36. The van der Waals surface area contributed by atoms with Gasteiger partial charge in [0, 0.05) is 12.3 Å². The largest absolute Gasteiger partial charge is 0.495 e. The zero-order chi connectivity index (χ0) is 19.4. The Morgan fingerprint density at radius 1 is 1.04 bits per heavy atom. The van der Waals surface area contributed by atoms with Gasteiger partial charge in [0.25, 0.3) is 11.5 Å². The first-order chi connectivity index (χ1) is 13.0. The minimum absolute atomic E-state index is 0.152. The summed E-state index contributed by atoms with van der Waals surface area (Å²) in [6.07, 6.45) is 1.59. The quantitative estimate of drug-likeness (QED) is 0.751. The van der Waals surface area contributed by atoms with E-state index in [1.165, 1.54) is 16.7 Å². The van der Waals surface area contributed by atoms with E-state index in [9.17, 15) is 9.59 Å². The number of benzene rings is 2. The van der Waals surface area contributed by atoms with Crippen LogP contribution in [0, 0.1) is 13.8 Å². The van der Waals surface area contributed by atoms with E-state index in [1.807, 2.05) is 56.3 Å². The van der Waals surface area contributed by atoms with E-state index >= 15 is 0 Å². The summed E-state index contributed by atoms with van der Waals surface area (Å²) in [5, 5.41) is 2.86. The molecule has 3 aromatic rings. The first-order valence-corrected chi connectivity index (χ1v) is 8.68. The van der Waals surface area contributed by atoms with E-state index in [1.54, 1.807) is 13.3 Å². The van der Waals surface area contributed by atoms with Gasteiger partial charge in [0.2, 0.25) is 0 Å². The lowest BCUT2D eigenvalue weighted by molar-refractivity contribution is 0.102. The molecule has 0 saturated carbocycles. The molecule has 0 saturated heterocycles. The van der Waals surface area contributed by atoms with Crippen molar-refractivity contribution in [2.45, 2.75) is 20.4 Å². The molecule has 1 aromatic heterocycles. The van der Waals surface area contributed by atoms with Gasteiger partial charge in [-0.3, -0.25) is 9.59 Å². The van der Waals surface area contributed by atoms with Crippen LogP contribution in [0.25, 0.3) is 0 Å². The number of rotatable bonds is 5. The summed E-state index contributed by atoms with van der Waals surface area (Å²) in [5.74, 6) is 0.291. The third-order valence-electron chi connectivity index (χ3n) is 4.28. The average Bonchev–Trinajstić information content (AvgIpc) is 2.64. The number of carbonyl (C=O) groups excluding carboxylic acids is 1. The normalized spacial score (nSPS) is 10.5. The number of pyridine rings is 1. The van der Waals surface area contributed by atoms with E-state index in [-0.39, 0.29) is 11.5 Å².